The zero-order valence-corrected chi connectivity index (χ0v) is 17.9. The molecule has 1 aliphatic rings. The normalized spacial score (nSPS) is 15.1. The highest BCUT2D eigenvalue weighted by atomic mass is 35.5. The van der Waals surface area contributed by atoms with Gasteiger partial charge < -0.3 is 15.0 Å². The van der Waals surface area contributed by atoms with Crippen molar-refractivity contribution in [3.05, 3.63) is 44.9 Å². The summed E-state index contributed by atoms with van der Waals surface area (Å²) in [7, 11) is 0. The molecule has 172 valence electrons. The minimum absolute atomic E-state index is 0.0230. The summed E-state index contributed by atoms with van der Waals surface area (Å²) in [6.45, 7) is 0.490. The van der Waals surface area contributed by atoms with Gasteiger partial charge in [0.15, 0.2) is 0 Å². The average Bonchev–Trinajstić information content (AvgIpc) is 3.07. The van der Waals surface area contributed by atoms with Crippen molar-refractivity contribution in [1.82, 2.24) is 9.55 Å². The lowest BCUT2D eigenvalue weighted by Crippen LogP contribution is -2.54. The molecule has 0 spiro atoms. The lowest BCUT2D eigenvalue weighted by Gasteiger charge is -2.34. The van der Waals surface area contributed by atoms with E-state index in [1.165, 1.54) is 18.2 Å². The quantitative estimate of drug-likeness (QED) is 0.367. The second-order valence-electron chi connectivity index (χ2n) is 7.18. The fourth-order valence-electron chi connectivity index (χ4n) is 3.72. The molecule has 3 aromatic rings. The average molecular weight is 519 g/mol. The van der Waals surface area contributed by atoms with E-state index in [1.54, 1.807) is 0 Å². The molecule has 1 aromatic heterocycles. The number of nitrogens with zero attached hydrogens (tertiary/aromatic N) is 2. The number of hydrogen-bond donors (Lipinski definition) is 2. The monoisotopic (exact) mass is 517 g/mol. The van der Waals surface area contributed by atoms with Crippen LogP contribution < -0.4 is 5.32 Å². The number of aromatic nitrogens is 2. The lowest BCUT2D eigenvalue weighted by molar-refractivity contribution is -0.375. The largest absolute Gasteiger partial charge is 0.430 e. The molecule has 4 rings (SSSR count). The number of hydrogen-bond acceptors (Lipinski definition) is 3. The number of imidazole rings is 1. The van der Waals surface area contributed by atoms with Crippen LogP contribution in [-0.2, 0) is 12.1 Å². The predicted octanol–water partition coefficient (Wildman–Crippen LogP) is 6.79. The van der Waals surface area contributed by atoms with Gasteiger partial charge in [0.2, 0.25) is 5.95 Å². The van der Waals surface area contributed by atoms with Crippen LogP contribution in [0.3, 0.4) is 0 Å². The first-order valence-corrected chi connectivity index (χ1v) is 10.2. The molecule has 32 heavy (non-hydrogen) atoms. The molecule has 0 fully saturated rings. The summed E-state index contributed by atoms with van der Waals surface area (Å²) in [5, 5.41) is 13.0. The molecule has 0 saturated carbocycles. The molecule has 0 aliphatic carbocycles. The van der Waals surface area contributed by atoms with Crippen molar-refractivity contribution in [2.45, 2.75) is 30.9 Å². The molecular formula is C19H12Cl3F6N3O. The minimum atomic E-state index is -6.10. The Morgan fingerprint density at radius 2 is 1.62 bits per heavy atom. The second kappa shape index (κ2) is 7.58. The van der Waals surface area contributed by atoms with Crippen molar-refractivity contribution >= 4 is 51.8 Å². The van der Waals surface area contributed by atoms with Gasteiger partial charge in [0.05, 0.1) is 10.5 Å². The van der Waals surface area contributed by atoms with Crippen LogP contribution in [0.4, 0.5) is 32.3 Å². The molecule has 13 heteroatoms. The smallest absolute Gasteiger partial charge is 0.369 e. The van der Waals surface area contributed by atoms with Crippen LogP contribution >= 0.6 is 34.8 Å². The molecule has 0 atom stereocenters. The highest BCUT2D eigenvalue weighted by Crippen LogP contribution is 2.54. The minimum Gasteiger partial charge on any atom is -0.369 e. The Hall–Kier alpha value is -1.88. The number of alkyl halides is 6. The van der Waals surface area contributed by atoms with Gasteiger partial charge in [-0.3, -0.25) is 0 Å². The van der Waals surface area contributed by atoms with E-state index in [2.05, 4.69) is 10.3 Å². The molecule has 0 bridgehead atoms. The molecule has 2 N–H and O–H groups in total. The van der Waals surface area contributed by atoms with Crippen LogP contribution in [-0.4, -0.2) is 33.6 Å². The highest BCUT2D eigenvalue weighted by molar-refractivity contribution is 6.40. The van der Waals surface area contributed by atoms with Gasteiger partial charge in [-0.1, -0.05) is 40.9 Å². The maximum absolute atomic E-state index is 13.8. The molecule has 4 nitrogen and oxygen atoms in total. The Balaban J connectivity index is 2.18. The van der Waals surface area contributed by atoms with Crippen LogP contribution in [0.15, 0.2) is 24.3 Å². The molecule has 1 aliphatic heterocycles. The number of fused-ring (bicyclic) bond motifs is 3. The summed E-state index contributed by atoms with van der Waals surface area (Å²) in [4.78, 5) is 4.13. The van der Waals surface area contributed by atoms with Gasteiger partial charge in [0.25, 0.3) is 5.60 Å². The lowest BCUT2D eigenvalue weighted by atomic mass is 9.88. The second-order valence-corrected chi connectivity index (χ2v) is 8.40. The molecule has 0 amide bonds. The number of rotatable bonds is 2. The zero-order chi connectivity index (χ0) is 23.6. The summed E-state index contributed by atoms with van der Waals surface area (Å²) >= 11 is 18.4. The van der Waals surface area contributed by atoms with Gasteiger partial charge in [-0.15, -0.1) is 0 Å². The van der Waals surface area contributed by atoms with E-state index < -0.39 is 29.0 Å². The first kappa shape index (κ1) is 23.3. The zero-order valence-electron chi connectivity index (χ0n) is 15.7. The van der Waals surface area contributed by atoms with Gasteiger partial charge >= 0.3 is 12.4 Å². The Bertz CT molecular complexity index is 1210. The van der Waals surface area contributed by atoms with Crippen molar-refractivity contribution in [2.75, 3.05) is 11.9 Å². The standard InChI is InChI=1S/C19H12Cl3F6N3O/c20-8-2-3-9(12(21)6-8)10-7-11(17(32,18(23,24)25)19(26,27)28)15-14(13(10)22)30-16-29-4-1-5-31(15)16/h2-3,6-7,32H,1,4-5H2,(H,29,30). The Morgan fingerprint density at radius 3 is 2.22 bits per heavy atom. The molecule has 0 saturated heterocycles. The number of aryl methyl sites for hydroxylation is 1. The van der Waals surface area contributed by atoms with E-state index in [0.717, 1.165) is 4.57 Å². The number of anilines is 1. The van der Waals surface area contributed by atoms with Gasteiger partial charge in [0.1, 0.15) is 5.52 Å². The van der Waals surface area contributed by atoms with E-state index in [9.17, 15) is 31.4 Å². The Morgan fingerprint density at radius 1 is 0.969 bits per heavy atom. The van der Waals surface area contributed by atoms with Crippen molar-refractivity contribution in [3.8, 4) is 11.1 Å². The van der Waals surface area contributed by atoms with Gasteiger partial charge in [0, 0.05) is 39.8 Å². The maximum Gasteiger partial charge on any atom is 0.430 e. The third kappa shape index (κ3) is 3.39. The van der Waals surface area contributed by atoms with Crippen molar-refractivity contribution in [1.29, 1.82) is 0 Å². The predicted molar refractivity (Wildman–Crippen MR) is 109 cm³/mol. The van der Waals surface area contributed by atoms with Crippen LogP contribution in [0.5, 0.6) is 0 Å². The molecular weight excluding hydrogens is 507 g/mol. The van der Waals surface area contributed by atoms with Gasteiger partial charge in [-0.2, -0.15) is 26.3 Å². The summed E-state index contributed by atoms with van der Waals surface area (Å²) in [5.74, 6) is 0.0421. The Kier molecular flexibility index (Phi) is 5.51. The number of benzene rings is 2. The summed E-state index contributed by atoms with van der Waals surface area (Å²) < 4.78 is 84.1. The maximum atomic E-state index is 13.8. The summed E-state index contributed by atoms with van der Waals surface area (Å²) in [5.41, 5.74) is -7.77. The van der Waals surface area contributed by atoms with E-state index in [0.29, 0.717) is 19.0 Å². The fraction of sp³-hybridized carbons (Fsp3) is 0.316. The molecule has 0 unspecified atom stereocenters. The number of halogens is 9. The van der Waals surface area contributed by atoms with Crippen LogP contribution in [0.1, 0.15) is 12.0 Å². The van der Waals surface area contributed by atoms with E-state index >= 15 is 0 Å². The van der Waals surface area contributed by atoms with Crippen molar-refractivity contribution in [2.24, 2.45) is 0 Å². The molecule has 2 aromatic carbocycles. The number of nitrogens with one attached hydrogen (secondary N) is 1. The van der Waals surface area contributed by atoms with Gasteiger partial charge in [-0.05, 0) is 24.6 Å². The van der Waals surface area contributed by atoms with Crippen LogP contribution in [0.2, 0.25) is 15.1 Å². The number of aliphatic hydroxyl groups is 1. The molecule has 0 radical (unpaired) electrons. The van der Waals surface area contributed by atoms with Crippen LogP contribution in [0, 0.1) is 0 Å². The van der Waals surface area contributed by atoms with E-state index in [4.69, 9.17) is 34.8 Å². The first-order chi connectivity index (χ1) is 14.8. The van der Waals surface area contributed by atoms with Gasteiger partial charge in [-0.25, -0.2) is 4.98 Å². The fourth-order valence-corrected chi connectivity index (χ4v) is 4.52. The first-order valence-electron chi connectivity index (χ1n) is 9.05. The topological polar surface area (TPSA) is 50.1 Å². The van der Waals surface area contributed by atoms with Crippen molar-refractivity contribution in [3.63, 3.8) is 0 Å². The van der Waals surface area contributed by atoms with E-state index in [1.807, 2.05) is 0 Å². The SMILES string of the molecule is OC(c1cc(-c2ccc(Cl)cc2Cl)c(Cl)c2nc3n(c12)CCCN3)(C(F)(F)F)C(F)(F)F. The Labute approximate surface area is 191 Å². The van der Waals surface area contributed by atoms with Crippen molar-refractivity contribution < 1.29 is 31.4 Å². The summed E-state index contributed by atoms with van der Waals surface area (Å²) in [6.07, 6.45) is -11.8. The third-order valence-corrected chi connectivity index (χ3v) is 6.16. The summed E-state index contributed by atoms with van der Waals surface area (Å²) in [6, 6.07) is 4.47. The molecule has 2 heterocycles. The highest BCUT2D eigenvalue weighted by Gasteiger charge is 2.72. The third-order valence-electron chi connectivity index (χ3n) is 5.23. The van der Waals surface area contributed by atoms with E-state index in [-0.39, 0.29) is 44.2 Å². The van der Waals surface area contributed by atoms with Crippen LogP contribution in [0.25, 0.3) is 22.2 Å².